The van der Waals surface area contributed by atoms with E-state index in [0.717, 1.165) is 44.9 Å². The Morgan fingerprint density at radius 2 is 0.519 bits per heavy atom. The molecule has 0 radical (unpaired) electrons. The summed E-state index contributed by atoms with van der Waals surface area (Å²) in [5.74, 6) is -0.804. The highest BCUT2D eigenvalue weighted by Crippen LogP contribution is 2.38. The van der Waals surface area contributed by atoms with Gasteiger partial charge in [-0.05, 0) is 77.0 Å². The molecule has 0 heterocycles. The maximum atomic E-state index is 12.9. The van der Waals surface area contributed by atoms with Crippen LogP contribution in [0.15, 0.2) is 48.6 Å². The van der Waals surface area contributed by atoms with Crippen molar-refractivity contribution in [1.29, 1.82) is 0 Å². The van der Waals surface area contributed by atoms with Crippen molar-refractivity contribution in [3.05, 3.63) is 48.6 Å². The second-order valence-corrected chi connectivity index (χ2v) is 34.4. The van der Waals surface area contributed by atoms with Gasteiger partial charge in [0, 0.05) is 12.8 Å². The van der Waals surface area contributed by atoms with E-state index in [9.17, 15) is 19.0 Å². The molecule has 2 unspecified atom stereocenters. The van der Waals surface area contributed by atoms with Crippen LogP contribution in [0.25, 0.3) is 0 Å². The normalized spacial score (nSPS) is 13.1. The third-order valence-corrected chi connectivity index (χ3v) is 22.3. The average molecular weight is 1480 g/mol. The van der Waals surface area contributed by atoms with Gasteiger partial charge in [-0.3, -0.25) is 14.2 Å². The van der Waals surface area contributed by atoms with Crippen LogP contribution in [-0.2, 0) is 32.7 Å². The molecule has 614 valence electrons. The molecule has 0 amide bonds. The summed E-state index contributed by atoms with van der Waals surface area (Å²) >= 11 is 0. The maximum absolute atomic E-state index is 12.9. The van der Waals surface area contributed by atoms with Crippen molar-refractivity contribution in [2.75, 3.05) is 47.5 Å². The molecule has 10 heteroatoms. The van der Waals surface area contributed by atoms with E-state index in [1.54, 1.807) is 0 Å². The average Bonchev–Trinajstić information content (AvgIpc) is 0.915. The number of likely N-dealkylation sites (N-methyl/N-ethyl adjacent to an activating group) is 1. The number of unbranched alkanes of at least 4 members (excludes halogenated alkanes) is 66. The summed E-state index contributed by atoms with van der Waals surface area (Å²) in [5.41, 5.74) is 0. The second-order valence-electron chi connectivity index (χ2n) is 33.0. The Kier molecular flexibility index (Phi) is 83.3. The number of nitrogens with zero attached hydrogens (tertiary/aromatic N) is 1. The zero-order valence-electron chi connectivity index (χ0n) is 70.5. The Bertz CT molecular complexity index is 1890. The number of hydrogen-bond donors (Lipinski definition) is 0. The number of carbonyl (C=O) groups is 2. The molecule has 9 nitrogen and oxygen atoms in total. The smallest absolute Gasteiger partial charge is 0.306 e. The van der Waals surface area contributed by atoms with Crippen LogP contribution in [0.2, 0.25) is 0 Å². The summed E-state index contributed by atoms with van der Waals surface area (Å²) in [5, 5.41) is 0. The molecule has 0 aliphatic heterocycles. The second kappa shape index (κ2) is 85.0. The molecule has 0 aromatic rings. The molecule has 0 rings (SSSR count). The predicted molar refractivity (Wildman–Crippen MR) is 453 cm³/mol. The summed E-state index contributed by atoms with van der Waals surface area (Å²) in [4.78, 5) is 38.3. The van der Waals surface area contributed by atoms with Crippen LogP contribution in [0.3, 0.4) is 0 Å². The summed E-state index contributed by atoms with van der Waals surface area (Å²) < 4.78 is 34.5. The van der Waals surface area contributed by atoms with Gasteiger partial charge in [0.2, 0.25) is 0 Å². The van der Waals surface area contributed by atoms with Crippen molar-refractivity contribution in [3.63, 3.8) is 0 Å². The van der Waals surface area contributed by atoms with E-state index < -0.39 is 26.5 Å². The largest absolute Gasteiger partial charge is 0.756 e. The van der Waals surface area contributed by atoms with Gasteiger partial charge in [-0.25, -0.2) is 0 Å². The van der Waals surface area contributed by atoms with Gasteiger partial charge in [0.05, 0.1) is 27.7 Å². The fourth-order valence-corrected chi connectivity index (χ4v) is 15.0. The van der Waals surface area contributed by atoms with Crippen molar-refractivity contribution < 1.29 is 42.1 Å². The minimum Gasteiger partial charge on any atom is -0.756 e. The zero-order valence-corrected chi connectivity index (χ0v) is 71.4. The summed E-state index contributed by atoms with van der Waals surface area (Å²) in [6.45, 7) is 4.32. The molecule has 2 atom stereocenters. The lowest BCUT2D eigenvalue weighted by atomic mass is 10.0. The quantitative estimate of drug-likeness (QED) is 0.0195. The van der Waals surface area contributed by atoms with Crippen LogP contribution < -0.4 is 4.89 Å². The molecule has 0 aliphatic rings. The van der Waals surface area contributed by atoms with Crippen LogP contribution in [-0.4, -0.2) is 70.0 Å². The fraction of sp³-hybridized carbons (Fsp3) is 0.894. The van der Waals surface area contributed by atoms with Gasteiger partial charge in [-0.2, -0.15) is 0 Å². The molecule has 0 aliphatic carbocycles. The Balaban J connectivity index is 3.82. The van der Waals surface area contributed by atoms with E-state index in [1.165, 1.54) is 411 Å². The SMILES string of the molecule is CCCCCCC/C=C\C/C=C\C/C=C\CCCCCCCCCCCCCCCCCCCCCCCCCCC(=O)OC(COC(=O)CCCCCCCCCCCCCCCCCCCCCCCCCCCCCCC/C=C\CCCCCCCCCC)COP(=O)([O-])OCC[N+](C)(C)C. The number of allylic oxidation sites excluding steroid dienone is 8. The summed E-state index contributed by atoms with van der Waals surface area (Å²) in [7, 11) is 1.19. The zero-order chi connectivity index (χ0) is 75.4. The number of carbonyl (C=O) groups excluding carboxylic acids is 2. The van der Waals surface area contributed by atoms with E-state index in [-0.39, 0.29) is 32.0 Å². The Labute approximate surface area is 649 Å². The van der Waals surface area contributed by atoms with Crippen LogP contribution in [0.4, 0.5) is 0 Å². The molecular formula is C94H180NO8P. The summed E-state index contributed by atoms with van der Waals surface area (Å²) in [6, 6.07) is 0. The van der Waals surface area contributed by atoms with Crippen molar-refractivity contribution in [2.45, 2.75) is 495 Å². The molecular weight excluding hydrogens is 1300 g/mol. The highest BCUT2D eigenvalue weighted by atomic mass is 31.2. The number of esters is 2. The first kappa shape index (κ1) is 102. The van der Waals surface area contributed by atoms with E-state index in [1.807, 2.05) is 21.1 Å². The molecule has 0 saturated carbocycles. The maximum Gasteiger partial charge on any atom is 0.306 e. The van der Waals surface area contributed by atoms with E-state index >= 15 is 0 Å². The topological polar surface area (TPSA) is 111 Å². The van der Waals surface area contributed by atoms with Gasteiger partial charge in [0.25, 0.3) is 7.82 Å². The van der Waals surface area contributed by atoms with E-state index in [2.05, 4.69) is 62.5 Å². The van der Waals surface area contributed by atoms with E-state index in [4.69, 9.17) is 18.5 Å². The van der Waals surface area contributed by atoms with Gasteiger partial charge in [0.1, 0.15) is 19.8 Å². The van der Waals surface area contributed by atoms with Crippen molar-refractivity contribution in [2.24, 2.45) is 0 Å². The molecule has 0 spiro atoms. The van der Waals surface area contributed by atoms with Crippen molar-refractivity contribution in [1.82, 2.24) is 0 Å². The Hall–Kier alpha value is -2.03. The van der Waals surface area contributed by atoms with Gasteiger partial charge < -0.3 is 27.9 Å². The molecule has 0 saturated heterocycles. The number of rotatable bonds is 88. The van der Waals surface area contributed by atoms with Gasteiger partial charge in [-0.1, -0.05) is 448 Å². The van der Waals surface area contributed by atoms with Crippen LogP contribution in [0, 0.1) is 0 Å². The minimum atomic E-state index is -4.65. The number of hydrogen-bond acceptors (Lipinski definition) is 8. The fourth-order valence-electron chi connectivity index (χ4n) is 14.3. The molecule has 0 fully saturated rings. The number of phosphoric acid groups is 1. The van der Waals surface area contributed by atoms with Crippen molar-refractivity contribution >= 4 is 19.8 Å². The first-order valence-corrected chi connectivity index (χ1v) is 47.8. The number of ether oxygens (including phenoxy) is 2. The molecule has 0 bridgehead atoms. The Morgan fingerprint density at radius 3 is 0.779 bits per heavy atom. The number of quaternary nitrogens is 1. The van der Waals surface area contributed by atoms with Crippen LogP contribution in [0.5, 0.6) is 0 Å². The third-order valence-electron chi connectivity index (χ3n) is 21.3. The highest BCUT2D eigenvalue weighted by molar-refractivity contribution is 7.45. The van der Waals surface area contributed by atoms with Crippen LogP contribution in [0.1, 0.15) is 489 Å². The molecule has 0 aromatic carbocycles. The van der Waals surface area contributed by atoms with Crippen molar-refractivity contribution in [3.8, 4) is 0 Å². The number of phosphoric ester groups is 1. The standard InChI is InChI=1S/C94H180NO8P/c1-6-8-10-12-14-16-18-20-22-24-26-28-30-32-34-36-38-40-42-44-46-47-49-50-52-54-56-58-60-62-64-66-68-70-72-74-76-78-80-82-84-86-93(96)100-90-92(91-102-104(98,99)101-89-88-95(3,4)5)103-94(97)87-85-83-81-79-77-75-73-71-69-67-65-63-61-59-57-55-53-51-48-45-43-41-39-37-35-33-31-29-27-25-23-21-19-17-15-13-11-9-7-2/h19,21,24-27,31,33,92H,6-18,20,22-23,28-30,32,34-91H2,1-5H3/b21-19-,26-24-,27-25-,33-31-. The lowest BCUT2D eigenvalue weighted by Crippen LogP contribution is -2.37. The monoisotopic (exact) mass is 1480 g/mol. The molecule has 0 N–H and O–H groups in total. The molecule has 104 heavy (non-hydrogen) atoms. The van der Waals surface area contributed by atoms with Gasteiger partial charge in [0.15, 0.2) is 6.10 Å². The predicted octanol–water partition coefficient (Wildman–Crippen LogP) is 30.8. The first-order chi connectivity index (χ1) is 51.0. The van der Waals surface area contributed by atoms with Crippen LogP contribution >= 0.6 is 7.82 Å². The van der Waals surface area contributed by atoms with Gasteiger partial charge in [-0.15, -0.1) is 0 Å². The lowest BCUT2D eigenvalue weighted by molar-refractivity contribution is -0.870. The molecule has 0 aromatic heterocycles. The highest BCUT2D eigenvalue weighted by Gasteiger charge is 2.22. The van der Waals surface area contributed by atoms with E-state index in [0.29, 0.717) is 17.4 Å². The Morgan fingerprint density at radius 1 is 0.298 bits per heavy atom. The lowest BCUT2D eigenvalue weighted by Gasteiger charge is -2.28. The first-order valence-electron chi connectivity index (χ1n) is 46.3. The third kappa shape index (κ3) is 88.9. The minimum absolute atomic E-state index is 0.0271. The summed E-state index contributed by atoms with van der Waals surface area (Å²) in [6.07, 6.45) is 114. The van der Waals surface area contributed by atoms with Gasteiger partial charge >= 0.3 is 11.9 Å².